The van der Waals surface area contributed by atoms with E-state index in [0.29, 0.717) is 37.1 Å². The number of nitrogens with two attached hydrogens (primary N) is 2. The van der Waals surface area contributed by atoms with Gasteiger partial charge in [-0.15, -0.1) is 0 Å². The number of ether oxygens (including phenoxy) is 5. The van der Waals surface area contributed by atoms with Crippen LogP contribution >= 0.6 is 0 Å². The second kappa shape index (κ2) is 26.8. The van der Waals surface area contributed by atoms with Gasteiger partial charge in [-0.25, -0.2) is 9.59 Å². The van der Waals surface area contributed by atoms with Crippen LogP contribution in [0.1, 0.15) is 92.6 Å². The van der Waals surface area contributed by atoms with Crippen molar-refractivity contribution in [1.82, 2.24) is 26.6 Å². The Morgan fingerprint density at radius 1 is 0.971 bits per heavy atom. The molecule has 1 aromatic rings. The van der Waals surface area contributed by atoms with Crippen molar-refractivity contribution in [2.75, 3.05) is 25.1 Å². The highest BCUT2D eigenvalue weighted by Crippen LogP contribution is 2.43. The highest BCUT2D eigenvalue weighted by molar-refractivity contribution is 5.98. The van der Waals surface area contributed by atoms with Gasteiger partial charge in [-0.3, -0.25) is 24.0 Å². The normalized spacial score (nSPS) is 25.8. The number of nitrogens with one attached hydrogen (secondary N) is 6. The fourth-order valence-corrected chi connectivity index (χ4v) is 7.85. The number of alkyl carbamates (subject to hydrolysis) is 1. The van der Waals surface area contributed by atoms with E-state index in [2.05, 4.69) is 38.8 Å². The Hall–Kier alpha value is -5.87. The predicted octanol–water partition coefficient (Wildman–Crippen LogP) is 2.22. The van der Waals surface area contributed by atoms with Gasteiger partial charge in [0, 0.05) is 31.7 Å². The maximum absolute atomic E-state index is 13.1. The molecule has 11 N–H and O–H groups in total. The number of urea groups is 1. The minimum absolute atomic E-state index is 0.0397. The van der Waals surface area contributed by atoms with E-state index in [1.807, 2.05) is 26.0 Å². The molecule has 382 valence electrons. The van der Waals surface area contributed by atoms with E-state index in [1.54, 1.807) is 51.1 Å². The molecule has 11 atom stereocenters. The molecule has 0 aliphatic carbocycles. The molecule has 21 heteroatoms. The number of hydrogen-bond donors (Lipinski definition) is 9. The van der Waals surface area contributed by atoms with Crippen LogP contribution in [-0.2, 0) is 54.3 Å². The number of aliphatic hydroxyl groups is 1. The van der Waals surface area contributed by atoms with Crippen LogP contribution in [0, 0.1) is 11.8 Å². The maximum atomic E-state index is 13.1. The van der Waals surface area contributed by atoms with Gasteiger partial charge in [0.05, 0.1) is 50.1 Å². The van der Waals surface area contributed by atoms with Gasteiger partial charge < -0.3 is 72.2 Å². The predicted molar refractivity (Wildman–Crippen MR) is 253 cm³/mol. The fourth-order valence-electron chi connectivity index (χ4n) is 7.85. The molecule has 4 rings (SSSR count). The standard InChI is InChI=1S/C48H72N8O13/c1-27(2)42(49)45(62)56-36(9-8-20-51-46(50)63)44(61)54-34-15-13-33(14-16-34)24-65-47(64)53-26-52-41(59)22-35-23-48(25-66-48)43(60)39(69-35)18-11-28(3)10-17-38-29(4)21-37(31(6)68-38)55-40(58)19-12-30(5)67-32(7)57/h10-16,18-19,27,29-31,35-39,42-43,60H,8-9,17,20-26,49H2,1-7H3,(H,52,59)(H,53,64)(H,54,61)(H,55,58)(H,56,62)(H3,50,51,63)/b18-11+,19-12-,28-10+/t29-,30-,31+,35+,36-,37+,38-,39+,42-,43+,48+/m0/s1. The zero-order valence-corrected chi connectivity index (χ0v) is 40.6. The van der Waals surface area contributed by atoms with Gasteiger partial charge in [-0.05, 0) is 82.1 Å². The van der Waals surface area contributed by atoms with E-state index in [1.165, 1.54) is 19.1 Å². The quantitative estimate of drug-likeness (QED) is 0.0190. The molecule has 3 aliphatic heterocycles. The van der Waals surface area contributed by atoms with Gasteiger partial charge in [0.25, 0.3) is 0 Å². The Morgan fingerprint density at radius 2 is 1.68 bits per heavy atom. The lowest BCUT2D eigenvalue weighted by Crippen LogP contribution is -2.51. The first-order chi connectivity index (χ1) is 32.6. The second-order valence-electron chi connectivity index (χ2n) is 18.3. The van der Waals surface area contributed by atoms with Crippen molar-refractivity contribution >= 4 is 47.4 Å². The van der Waals surface area contributed by atoms with Crippen LogP contribution in [0.5, 0.6) is 0 Å². The summed E-state index contributed by atoms with van der Waals surface area (Å²) in [6.45, 7) is 12.7. The van der Waals surface area contributed by atoms with E-state index in [0.717, 1.165) is 12.0 Å². The smallest absolute Gasteiger partial charge is 0.408 e. The Labute approximate surface area is 403 Å². The third-order valence-corrected chi connectivity index (χ3v) is 12.1. The Kier molecular flexibility index (Phi) is 21.6. The summed E-state index contributed by atoms with van der Waals surface area (Å²) in [7, 11) is 0. The lowest BCUT2D eigenvalue weighted by molar-refractivity contribution is -0.145. The van der Waals surface area contributed by atoms with Crippen molar-refractivity contribution in [2.45, 2.75) is 154 Å². The molecular weight excluding hydrogens is 897 g/mol. The molecule has 0 radical (unpaired) electrons. The van der Waals surface area contributed by atoms with E-state index >= 15 is 0 Å². The third kappa shape index (κ3) is 18.9. The van der Waals surface area contributed by atoms with Crippen molar-refractivity contribution < 1.29 is 62.4 Å². The Bertz CT molecular complexity index is 2020. The minimum Gasteiger partial charge on any atom is -0.459 e. The first-order valence-corrected chi connectivity index (χ1v) is 23.4. The van der Waals surface area contributed by atoms with Crippen LogP contribution in [0.15, 0.2) is 60.2 Å². The van der Waals surface area contributed by atoms with Gasteiger partial charge in [0.2, 0.25) is 23.6 Å². The number of aliphatic hydroxyl groups excluding tert-OH is 1. The third-order valence-electron chi connectivity index (χ3n) is 12.1. The first kappa shape index (κ1) is 55.7. The van der Waals surface area contributed by atoms with Crippen molar-refractivity contribution in [3.05, 3.63) is 65.8 Å². The molecule has 3 heterocycles. The molecule has 69 heavy (non-hydrogen) atoms. The maximum Gasteiger partial charge on any atom is 0.408 e. The number of carbonyl (C=O) groups excluding carboxylic acids is 7. The molecule has 0 saturated carbocycles. The van der Waals surface area contributed by atoms with Gasteiger partial charge in [0.15, 0.2) is 0 Å². The number of rotatable bonds is 23. The number of allylic oxidation sites excluding steroid dienone is 2. The lowest BCUT2D eigenvalue weighted by atomic mass is 9.87. The number of esters is 1. The summed E-state index contributed by atoms with van der Waals surface area (Å²) in [6.07, 6.45) is 6.94. The minimum atomic E-state index is -0.933. The number of anilines is 1. The number of benzene rings is 1. The van der Waals surface area contributed by atoms with E-state index in [4.69, 9.17) is 35.2 Å². The molecule has 3 fully saturated rings. The molecule has 0 unspecified atom stereocenters. The molecule has 0 aromatic heterocycles. The average molecular weight is 969 g/mol. The summed E-state index contributed by atoms with van der Waals surface area (Å²) in [5.41, 5.74) is 12.2. The van der Waals surface area contributed by atoms with Crippen LogP contribution in [0.4, 0.5) is 15.3 Å². The van der Waals surface area contributed by atoms with Crippen LogP contribution in [0.25, 0.3) is 0 Å². The van der Waals surface area contributed by atoms with Crippen LogP contribution in [-0.4, -0.2) is 127 Å². The Morgan fingerprint density at radius 3 is 2.33 bits per heavy atom. The zero-order valence-electron chi connectivity index (χ0n) is 40.6. The number of carbonyl (C=O) groups is 7. The van der Waals surface area contributed by atoms with E-state index < -0.39 is 77.9 Å². The van der Waals surface area contributed by atoms with Gasteiger partial charge in [0.1, 0.15) is 36.6 Å². The first-order valence-electron chi connectivity index (χ1n) is 23.4. The summed E-state index contributed by atoms with van der Waals surface area (Å²) >= 11 is 0. The largest absolute Gasteiger partial charge is 0.459 e. The molecule has 1 aromatic carbocycles. The number of amides is 7. The van der Waals surface area contributed by atoms with Crippen LogP contribution < -0.4 is 43.4 Å². The van der Waals surface area contributed by atoms with Crippen LogP contribution in [0.2, 0.25) is 0 Å². The zero-order chi connectivity index (χ0) is 50.8. The number of hydrogen-bond acceptors (Lipinski definition) is 14. The van der Waals surface area contributed by atoms with Gasteiger partial charge in [-0.2, -0.15) is 0 Å². The van der Waals surface area contributed by atoms with Crippen LogP contribution in [0.3, 0.4) is 0 Å². The lowest BCUT2D eigenvalue weighted by Gasteiger charge is -2.39. The van der Waals surface area contributed by atoms with E-state index in [-0.39, 0.29) is 68.7 Å². The summed E-state index contributed by atoms with van der Waals surface area (Å²) in [5, 5.41) is 27.1. The summed E-state index contributed by atoms with van der Waals surface area (Å²) in [6, 6.07) is 3.88. The summed E-state index contributed by atoms with van der Waals surface area (Å²) in [5.74, 6) is -2.07. The van der Waals surface area contributed by atoms with Gasteiger partial charge >= 0.3 is 18.1 Å². The van der Waals surface area contributed by atoms with Crippen molar-refractivity contribution in [3.8, 4) is 0 Å². The Balaban J connectivity index is 1.17. The monoisotopic (exact) mass is 969 g/mol. The second-order valence-corrected chi connectivity index (χ2v) is 18.3. The van der Waals surface area contributed by atoms with Crippen molar-refractivity contribution in [2.24, 2.45) is 23.3 Å². The molecular formula is C48H72N8O13. The molecule has 7 amide bonds. The molecule has 0 bridgehead atoms. The number of primary amides is 1. The van der Waals surface area contributed by atoms with Gasteiger partial charge in [-0.1, -0.05) is 56.7 Å². The molecule has 21 nitrogen and oxygen atoms in total. The van der Waals surface area contributed by atoms with E-state index in [9.17, 15) is 38.7 Å². The molecule has 1 spiro atoms. The number of epoxide rings is 1. The summed E-state index contributed by atoms with van der Waals surface area (Å²) < 4.78 is 28.5. The summed E-state index contributed by atoms with van der Waals surface area (Å²) in [4.78, 5) is 85.8. The SMILES string of the molecule is CC(=O)O[C@@H](C)/C=C\C(=O)N[C@@H]1C[C@H](C)[C@H](C/C=C(C)/C=C/[C@H]2O[C@H](CC(=O)NCNC(=O)OCc3ccc(NC(=O)[C@H](CCCNC(N)=O)NC(=O)[C@@H](N)C(C)C)cc3)C[C@@]3(CO3)[C@@H]2O)O[C@@H]1C. The highest BCUT2D eigenvalue weighted by Gasteiger charge is 2.58. The van der Waals surface area contributed by atoms with Crippen molar-refractivity contribution in [3.63, 3.8) is 0 Å². The fraction of sp³-hybridized carbons (Fsp3) is 0.604. The molecule has 3 saturated heterocycles. The highest BCUT2D eigenvalue weighted by atomic mass is 16.6. The molecule has 3 aliphatic rings. The average Bonchev–Trinajstić information content (AvgIpc) is 4.06. The topological polar surface area (TPSA) is 313 Å². The van der Waals surface area contributed by atoms with Crippen molar-refractivity contribution in [1.29, 1.82) is 0 Å².